The van der Waals surface area contributed by atoms with E-state index in [1.165, 1.54) is 24.3 Å². The Bertz CT molecular complexity index is 665. The number of benzene rings is 1. The van der Waals surface area contributed by atoms with Crippen LogP contribution in [0.2, 0.25) is 0 Å². The molecule has 2 heterocycles. The second kappa shape index (κ2) is 9.60. The molecule has 2 aliphatic heterocycles. The van der Waals surface area contributed by atoms with Crippen LogP contribution in [-0.4, -0.2) is 53.9 Å². The van der Waals surface area contributed by atoms with E-state index < -0.39 is 11.8 Å². The summed E-state index contributed by atoms with van der Waals surface area (Å²) in [4.78, 5) is 26.9. The predicted octanol–water partition coefficient (Wildman–Crippen LogP) is 2.97. The van der Waals surface area contributed by atoms with Crippen LogP contribution in [0.25, 0.3) is 0 Å². The topological polar surface area (TPSA) is 61.4 Å². The summed E-state index contributed by atoms with van der Waals surface area (Å²) in [6, 6.07) is 6.42. The van der Waals surface area contributed by atoms with Crippen LogP contribution in [0.15, 0.2) is 18.2 Å². The molecule has 2 N–H and O–H groups in total. The quantitative estimate of drug-likeness (QED) is 0.777. The van der Waals surface area contributed by atoms with Gasteiger partial charge in [0.1, 0.15) is 0 Å². The van der Waals surface area contributed by atoms with Gasteiger partial charge in [-0.25, -0.2) is 0 Å². The van der Waals surface area contributed by atoms with Crippen molar-refractivity contribution in [1.29, 1.82) is 0 Å². The fraction of sp³-hybridized carbons (Fsp3) is 0.619. The van der Waals surface area contributed by atoms with Gasteiger partial charge in [0.05, 0.1) is 0 Å². The Labute approximate surface area is 166 Å². The van der Waals surface area contributed by atoms with Crippen molar-refractivity contribution in [3.8, 4) is 0 Å². The maximum absolute atomic E-state index is 12.1. The lowest BCUT2D eigenvalue weighted by molar-refractivity contribution is -0.136. The molecule has 2 amide bonds. The zero-order valence-electron chi connectivity index (χ0n) is 16.4. The number of likely N-dealkylation sites (tertiary alicyclic amines) is 1. The van der Waals surface area contributed by atoms with Crippen molar-refractivity contribution in [2.24, 2.45) is 5.92 Å². The minimum absolute atomic E-state index is 0.470. The van der Waals surface area contributed by atoms with E-state index in [1.807, 2.05) is 32.0 Å². The van der Waals surface area contributed by atoms with Gasteiger partial charge in [-0.3, -0.25) is 9.59 Å². The lowest BCUT2D eigenvalue weighted by atomic mass is 9.94. The maximum atomic E-state index is 12.1. The summed E-state index contributed by atoms with van der Waals surface area (Å²) in [5.74, 6) is 1.92. The molecule has 2 saturated heterocycles. The van der Waals surface area contributed by atoms with E-state index in [9.17, 15) is 9.59 Å². The van der Waals surface area contributed by atoms with Gasteiger partial charge in [-0.05, 0) is 93.3 Å². The van der Waals surface area contributed by atoms with Crippen molar-refractivity contribution in [2.75, 3.05) is 36.5 Å². The van der Waals surface area contributed by atoms with Gasteiger partial charge < -0.3 is 15.5 Å². The summed E-state index contributed by atoms with van der Waals surface area (Å²) in [5.41, 5.74) is 2.92. The number of nitrogens with zero attached hydrogens (tertiary/aromatic N) is 1. The van der Waals surface area contributed by atoms with E-state index in [0.717, 1.165) is 43.1 Å². The Morgan fingerprint density at radius 2 is 1.74 bits per heavy atom. The predicted molar refractivity (Wildman–Crippen MR) is 112 cm³/mol. The number of anilines is 1. The van der Waals surface area contributed by atoms with E-state index in [4.69, 9.17) is 0 Å². The van der Waals surface area contributed by atoms with Crippen LogP contribution in [0.1, 0.15) is 36.8 Å². The molecule has 1 aromatic rings. The van der Waals surface area contributed by atoms with Crippen LogP contribution in [-0.2, 0) is 9.59 Å². The summed E-state index contributed by atoms with van der Waals surface area (Å²) in [5, 5.41) is 5.51. The highest BCUT2D eigenvalue weighted by Gasteiger charge is 2.26. The standard InChI is InChI=1S/C21H31N3O2S/c1-15-3-4-18(13-16(15)2)23-21(26)20(25)22-14-17-5-9-24(10-6-17)19-7-11-27-12-8-19/h3-4,13,17,19H,5-12,14H2,1-2H3,(H,22,25)(H,23,26). The molecule has 148 valence electrons. The third-order valence-corrected chi connectivity index (χ3v) is 6.93. The summed E-state index contributed by atoms with van der Waals surface area (Å²) < 4.78 is 0. The van der Waals surface area contributed by atoms with Crippen LogP contribution < -0.4 is 10.6 Å². The fourth-order valence-electron chi connectivity index (χ4n) is 3.90. The zero-order chi connectivity index (χ0) is 19.2. The smallest absolute Gasteiger partial charge is 0.313 e. The highest BCUT2D eigenvalue weighted by atomic mass is 32.2. The molecule has 0 spiro atoms. The van der Waals surface area contributed by atoms with Crippen molar-refractivity contribution in [1.82, 2.24) is 10.2 Å². The first kappa shape index (κ1) is 20.2. The number of hydrogen-bond acceptors (Lipinski definition) is 4. The van der Waals surface area contributed by atoms with Gasteiger partial charge in [0.2, 0.25) is 0 Å². The molecule has 0 aromatic heterocycles. The van der Waals surface area contributed by atoms with E-state index in [-0.39, 0.29) is 0 Å². The number of aryl methyl sites for hydroxylation is 2. The molecule has 0 unspecified atom stereocenters. The Morgan fingerprint density at radius 1 is 1.04 bits per heavy atom. The minimum atomic E-state index is -0.588. The van der Waals surface area contributed by atoms with Crippen LogP contribution in [0, 0.1) is 19.8 Å². The first-order chi connectivity index (χ1) is 13.0. The molecule has 3 rings (SSSR count). The van der Waals surface area contributed by atoms with Crippen LogP contribution in [0.5, 0.6) is 0 Å². The molecule has 6 heteroatoms. The average Bonchev–Trinajstić information content (AvgIpc) is 2.70. The molecular formula is C21H31N3O2S. The molecule has 2 aliphatic rings. The van der Waals surface area contributed by atoms with E-state index in [0.29, 0.717) is 18.2 Å². The fourth-order valence-corrected chi connectivity index (χ4v) is 4.98. The number of rotatable bonds is 4. The summed E-state index contributed by atoms with van der Waals surface area (Å²) in [6.07, 6.45) is 4.82. The molecule has 0 bridgehead atoms. The second-order valence-electron chi connectivity index (χ2n) is 7.79. The Morgan fingerprint density at radius 3 is 2.41 bits per heavy atom. The van der Waals surface area contributed by atoms with Crippen LogP contribution in [0.3, 0.4) is 0 Å². The first-order valence-corrected chi connectivity index (χ1v) is 11.2. The van der Waals surface area contributed by atoms with Gasteiger partial charge >= 0.3 is 11.8 Å². The molecule has 0 radical (unpaired) electrons. The van der Waals surface area contributed by atoms with Gasteiger partial charge in [-0.2, -0.15) is 11.8 Å². The number of nitrogens with one attached hydrogen (secondary N) is 2. The van der Waals surface area contributed by atoms with Crippen LogP contribution >= 0.6 is 11.8 Å². The van der Waals surface area contributed by atoms with E-state index >= 15 is 0 Å². The monoisotopic (exact) mass is 389 g/mol. The number of carbonyl (C=O) groups excluding carboxylic acids is 2. The van der Waals surface area contributed by atoms with Gasteiger partial charge in [0.15, 0.2) is 0 Å². The lowest BCUT2D eigenvalue weighted by Crippen LogP contribution is -2.45. The Hall–Kier alpha value is -1.53. The van der Waals surface area contributed by atoms with E-state index in [2.05, 4.69) is 27.3 Å². The number of hydrogen-bond donors (Lipinski definition) is 2. The van der Waals surface area contributed by atoms with Crippen molar-refractivity contribution in [3.63, 3.8) is 0 Å². The molecule has 0 aliphatic carbocycles. The maximum Gasteiger partial charge on any atom is 0.313 e. The number of amides is 2. The largest absolute Gasteiger partial charge is 0.348 e. The van der Waals surface area contributed by atoms with Crippen molar-refractivity contribution in [3.05, 3.63) is 29.3 Å². The number of thioether (sulfide) groups is 1. The van der Waals surface area contributed by atoms with Crippen molar-refractivity contribution < 1.29 is 9.59 Å². The van der Waals surface area contributed by atoms with Gasteiger partial charge in [0.25, 0.3) is 0 Å². The molecular weight excluding hydrogens is 358 g/mol. The summed E-state index contributed by atoms with van der Waals surface area (Å²) in [7, 11) is 0. The molecule has 27 heavy (non-hydrogen) atoms. The number of piperidine rings is 1. The highest BCUT2D eigenvalue weighted by Crippen LogP contribution is 2.26. The average molecular weight is 390 g/mol. The molecule has 2 fully saturated rings. The van der Waals surface area contributed by atoms with Crippen molar-refractivity contribution >= 4 is 29.3 Å². The normalized spacial score (nSPS) is 19.6. The molecule has 0 saturated carbocycles. The van der Waals surface area contributed by atoms with Crippen molar-refractivity contribution in [2.45, 2.75) is 45.6 Å². The molecule has 5 nitrogen and oxygen atoms in total. The summed E-state index contributed by atoms with van der Waals surface area (Å²) in [6.45, 7) is 6.83. The molecule has 1 aromatic carbocycles. The zero-order valence-corrected chi connectivity index (χ0v) is 17.2. The third kappa shape index (κ3) is 5.72. The van der Waals surface area contributed by atoms with E-state index in [1.54, 1.807) is 0 Å². The Kier molecular flexibility index (Phi) is 7.19. The summed E-state index contributed by atoms with van der Waals surface area (Å²) >= 11 is 2.07. The highest BCUT2D eigenvalue weighted by molar-refractivity contribution is 7.99. The number of carbonyl (C=O) groups is 2. The van der Waals surface area contributed by atoms with Gasteiger partial charge in [0, 0.05) is 18.3 Å². The van der Waals surface area contributed by atoms with Gasteiger partial charge in [-0.15, -0.1) is 0 Å². The first-order valence-electron chi connectivity index (χ1n) is 10.0. The minimum Gasteiger partial charge on any atom is -0.348 e. The molecule has 0 atom stereocenters. The Balaban J connectivity index is 1.38. The SMILES string of the molecule is Cc1ccc(NC(=O)C(=O)NCC2CCN(C3CCSCC3)CC2)cc1C. The lowest BCUT2D eigenvalue weighted by Gasteiger charge is -2.39. The third-order valence-electron chi connectivity index (χ3n) is 5.88. The van der Waals surface area contributed by atoms with Crippen LogP contribution in [0.4, 0.5) is 5.69 Å². The van der Waals surface area contributed by atoms with Gasteiger partial charge in [-0.1, -0.05) is 6.07 Å². The second-order valence-corrected chi connectivity index (χ2v) is 9.01.